The number of ether oxygens (including phenoxy) is 1. The Labute approximate surface area is 174 Å². The molecule has 0 spiro atoms. The first-order valence-electron chi connectivity index (χ1n) is 9.42. The maximum absolute atomic E-state index is 12.2. The van der Waals surface area contributed by atoms with Gasteiger partial charge in [-0.25, -0.2) is 0 Å². The van der Waals surface area contributed by atoms with Crippen LogP contribution in [0.15, 0.2) is 47.4 Å². The van der Waals surface area contributed by atoms with Gasteiger partial charge in [0.1, 0.15) is 0 Å². The molecule has 1 aliphatic rings. The maximum atomic E-state index is 12.2. The van der Waals surface area contributed by atoms with E-state index >= 15 is 0 Å². The molecule has 0 bridgehead atoms. The Morgan fingerprint density at radius 2 is 1.93 bits per heavy atom. The number of anilines is 1. The number of rotatable bonds is 6. The fourth-order valence-electron chi connectivity index (χ4n) is 2.98. The van der Waals surface area contributed by atoms with Crippen LogP contribution in [0.2, 0.25) is 0 Å². The second kappa shape index (κ2) is 9.13. The molecule has 0 aromatic heterocycles. The molecule has 29 heavy (non-hydrogen) atoms. The number of carbonyl (C=O) groups is 3. The molecule has 0 radical (unpaired) electrons. The highest BCUT2D eigenvalue weighted by molar-refractivity contribution is 8.01. The summed E-state index contributed by atoms with van der Waals surface area (Å²) in [6, 6.07) is 13.2. The van der Waals surface area contributed by atoms with Crippen LogP contribution in [0.3, 0.4) is 0 Å². The third-order valence-electron chi connectivity index (χ3n) is 4.83. The van der Waals surface area contributed by atoms with Crippen LogP contribution >= 0.6 is 11.8 Å². The molecule has 7 heteroatoms. The highest BCUT2D eigenvalue weighted by Gasteiger charge is 2.29. The van der Waals surface area contributed by atoms with Crippen LogP contribution in [0, 0.1) is 13.8 Å². The average molecular weight is 413 g/mol. The predicted octanol–water partition coefficient (Wildman–Crippen LogP) is 3.53. The summed E-state index contributed by atoms with van der Waals surface area (Å²) in [4.78, 5) is 37.3. The Kier molecular flexibility index (Phi) is 6.59. The molecule has 0 saturated carbocycles. The van der Waals surface area contributed by atoms with Crippen molar-refractivity contribution >= 4 is 35.2 Å². The number of nitrogens with one attached hydrogen (secondary N) is 2. The zero-order valence-corrected chi connectivity index (χ0v) is 17.5. The van der Waals surface area contributed by atoms with E-state index in [4.69, 9.17) is 4.74 Å². The number of benzene rings is 2. The molecule has 2 N–H and O–H groups in total. The number of thioether (sulfide) groups is 1. The Balaban J connectivity index is 1.47. The molecule has 2 atom stereocenters. The van der Waals surface area contributed by atoms with Gasteiger partial charge in [0.2, 0.25) is 5.91 Å². The molecule has 3 rings (SSSR count). The summed E-state index contributed by atoms with van der Waals surface area (Å²) in [6.07, 6.45) is -0.0924. The Morgan fingerprint density at radius 1 is 1.17 bits per heavy atom. The Morgan fingerprint density at radius 3 is 2.69 bits per heavy atom. The van der Waals surface area contributed by atoms with Crippen molar-refractivity contribution in [3.05, 3.63) is 59.2 Å². The fourth-order valence-corrected chi connectivity index (χ4v) is 4.08. The van der Waals surface area contributed by atoms with E-state index < -0.39 is 11.2 Å². The van der Waals surface area contributed by atoms with Gasteiger partial charge in [0.25, 0.3) is 5.91 Å². The molecule has 152 valence electrons. The monoisotopic (exact) mass is 412 g/mol. The van der Waals surface area contributed by atoms with E-state index in [9.17, 15) is 14.4 Å². The summed E-state index contributed by atoms with van der Waals surface area (Å²) in [6.45, 7) is 5.56. The lowest BCUT2D eigenvalue weighted by Gasteiger charge is -2.23. The Bertz CT molecular complexity index is 944. The quantitative estimate of drug-likeness (QED) is 0.709. The van der Waals surface area contributed by atoms with Crippen molar-refractivity contribution in [2.24, 2.45) is 0 Å². The topological polar surface area (TPSA) is 84.5 Å². The number of aryl methyl sites for hydroxylation is 2. The van der Waals surface area contributed by atoms with E-state index in [0.717, 1.165) is 21.7 Å². The molecular weight excluding hydrogens is 388 g/mol. The van der Waals surface area contributed by atoms with E-state index in [0.29, 0.717) is 0 Å². The van der Waals surface area contributed by atoms with Crippen molar-refractivity contribution in [2.45, 2.75) is 43.4 Å². The summed E-state index contributed by atoms with van der Waals surface area (Å²) < 4.78 is 5.08. The van der Waals surface area contributed by atoms with Gasteiger partial charge in [0.05, 0.1) is 23.4 Å². The van der Waals surface area contributed by atoms with Gasteiger partial charge in [-0.15, -0.1) is 11.8 Å². The number of para-hydroxylation sites is 1. The lowest BCUT2D eigenvalue weighted by atomic mass is 10.0. The minimum absolute atomic E-state index is 0.0924. The van der Waals surface area contributed by atoms with Gasteiger partial charge in [-0.3, -0.25) is 14.4 Å². The number of hydrogen-bond acceptors (Lipinski definition) is 5. The number of carbonyl (C=O) groups excluding carboxylic acids is 3. The fraction of sp³-hybridized carbons (Fsp3) is 0.318. The normalized spacial score (nSPS) is 16.4. The second-order valence-electron chi connectivity index (χ2n) is 7.09. The summed E-state index contributed by atoms with van der Waals surface area (Å²) in [7, 11) is 0. The van der Waals surface area contributed by atoms with E-state index in [-0.39, 0.29) is 30.9 Å². The van der Waals surface area contributed by atoms with Crippen molar-refractivity contribution in [2.75, 3.05) is 11.9 Å². The molecule has 0 aliphatic carbocycles. The van der Waals surface area contributed by atoms with E-state index in [1.54, 1.807) is 0 Å². The molecule has 0 fully saturated rings. The molecule has 1 aliphatic heterocycles. The molecule has 6 nitrogen and oxygen atoms in total. The first-order valence-corrected chi connectivity index (χ1v) is 10.3. The van der Waals surface area contributed by atoms with Crippen LogP contribution in [-0.4, -0.2) is 29.6 Å². The average Bonchev–Trinajstić information content (AvgIpc) is 2.69. The SMILES string of the molecule is Cc1ccc([C@H](C)NC(=O)COC(=O)C[C@@H]2Sc3ccccc3NC2=O)cc1C. The van der Waals surface area contributed by atoms with Crippen molar-refractivity contribution in [1.29, 1.82) is 0 Å². The van der Waals surface area contributed by atoms with Crippen molar-refractivity contribution in [1.82, 2.24) is 5.32 Å². The van der Waals surface area contributed by atoms with Crippen molar-refractivity contribution in [3.8, 4) is 0 Å². The molecule has 2 aromatic carbocycles. The van der Waals surface area contributed by atoms with Crippen LogP contribution in [0.1, 0.15) is 36.1 Å². The minimum atomic E-state index is -0.578. The summed E-state index contributed by atoms with van der Waals surface area (Å²) in [5.41, 5.74) is 4.07. The van der Waals surface area contributed by atoms with E-state index in [1.165, 1.54) is 17.3 Å². The molecule has 0 saturated heterocycles. The number of esters is 1. The summed E-state index contributed by atoms with van der Waals surface area (Å²) >= 11 is 1.32. The standard InChI is InChI=1S/C22H24N2O4S/c1-13-8-9-16(10-14(13)2)15(3)23-20(25)12-28-21(26)11-19-22(27)24-17-6-4-5-7-18(17)29-19/h4-10,15,19H,11-12H2,1-3H3,(H,23,25)(H,24,27)/t15-,19-/m0/s1. The molecular formula is C22H24N2O4S. The second-order valence-corrected chi connectivity index (χ2v) is 8.33. The largest absolute Gasteiger partial charge is 0.456 e. The van der Waals surface area contributed by atoms with Gasteiger partial charge in [-0.2, -0.15) is 0 Å². The molecule has 1 heterocycles. The molecule has 0 unspecified atom stereocenters. The van der Waals surface area contributed by atoms with E-state index in [1.807, 2.05) is 63.2 Å². The van der Waals surface area contributed by atoms with Crippen molar-refractivity contribution < 1.29 is 19.1 Å². The highest BCUT2D eigenvalue weighted by Crippen LogP contribution is 2.36. The third kappa shape index (κ3) is 5.38. The molecule has 2 amide bonds. The number of hydrogen-bond donors (Lipinski definition) is 2. The van der Waals surface area contributed by atoms with Crippen LogP contribution in [0.4, 0.5) is 5.69 Å². The smallest absolute Gasteiger partial charge is 0.307 e. The number of fused-ring (bicyclic) bond motifs is 1. The summed E-state index contributed by atoms with van der Waals surface area (Å²) in [5.74, 6) is -1.19. The lowest BCUT2D eigenvalue weighted by Crippen LogP contribution is -2.34. The number of amides is 2. The van der Waals surface area contributed by atoms with E-state index in [2.05, 4.69) is 10.6 Å². The first kappa shape index (κ1) is 20.9. The zero-order chi connectivity index (χ0) is 21.0. The van der Waals surface area contributed by atoms with Gasteiger partial charge < -0.3 is 15.4 Å². The lowest BCUT2D eigenvalue weighted by molar-refractivity contribution is -0.149. The van der Waals surface area contributed by atoms with Gasteiger partial charge in [-0.1, -0.05) is 30.3 Å². The molecule has 2 aromatic rings. The van der Waals surface area contributed by atoms with Crippen molar-refractivity contribution in [3.63, 3.8) is 0 Å². The van der Waals surface area contributed by atoms with Gasteiger partial charge >= 0.3 is 5.97 Å². The highest BCUT2D eigenvalue weighted by atomic mass is 32.2. The third-order valence-corrected chi connectivity index (χ3v) is 6.11. The van der Waals surface area contributed by atoms with Gasteiger partial charge in [-0.05, 0) is 49.6 Å². The van der Waals surface area contributed by atoms with Gasteiger partial charge in [0, 0.05) is 4.90 Å². The Hall–Kier alpha value is -2.80. The van der Waals surface area contributed by atoms with Crippen LogP contribution in [0.25, 0.3) is 0 Å². The van der Waals surface area contributed by atoms with Crippen LogP contribution in [0.5, 0.6) is 0 Å². The maximum Gasteiger partial charge on any atom is 0.307 e. The zero-order valence-electron chi connectivity index (χ0n) is 16.7. The summed E-state index contributed by atoms with van der Waals surface area (Å²) in [5, 5.41) is 5.03. The van der Waals surface area contributed by atoms with Gasteiger partial charge in [0.15, 0.2) is 6.61 Å². The minimum Gasteiger partial charge on any atom is -0.456 e. The first-order chi connectivity index (χ1) is 13.8. The predicted molar refractivity (Wildman–Crippen MR) is 113 cm³/mol. The van der Waals surface area contributed by atoms with Crippen LogP contribution < -0.4 is 10.6 Å². The van der Waals surface area contributed by atoms with Crippen LogP contribution in [-0.2, 0) is 19.1 Å².